The fourth-order valence-electron chi connectivity index (χ4n) is 9.49. The fraction of sp³-hybridized carbons (Fsp3) is 0.540. The summed E-state index contributed by atoms with van der Waals surface area (Å²) in [6.07, 6.45) is 7.58. The third kappa shape index (κ3) is 11.3. The highest BCUT2D eigenvalue weighted by Crippen LogP contribution is 2.41. The predicted molar refractivity (Wildman–Crippen MR) is 249 cm³/mol. The number of amides is 3. The largest absolute Gasteiger partial charge is 0.508 e. The van der Waals surface area contributed by atoms with Crippen LogP contribution in [0.2, 0.25) is 0 Å². The Morgan fingerprint density at radius 2 is 1.78 bits per heavy atom. The molecule has 2 saturated heterocycles. The lowest BCUT2D eigenvalue weighted by Gasteiger charge is -2.37. The summed E-state index contributed by atoms with van der Waals surface area (Å²) in [7, 11) is 5.43. The minimum Gasteiger partial charge on any atom is -0.508 e. The van der Waals surface area contributed by atoms with Crippen molar-refractivity contribution in [1.82, 2.24) is 35.1 Å². The number of likely N-dealkylation sites (N-methyl/N-ethyl adjacent to an activating group) is 1. The Morgan fingerprint density at radius 3 is 2.44 bits per heavy atom. The quantitative estimate of drug-likeness (QED) is 0.102. The number of carbonyl (C=O) groups excluding carboxylic acids is 4. The summed E-state index contributed by atoms with van der Waals surface area (Å²) in [5.41, 5.74) is 10.1. The number of phenols is 1. The number of aromatic nitrogens is 2. The van der Waals surface area contributed by atoms with Crippen LogP contribution in [-0.2, 0) is 54.6 Å². The van der Waals surface area contributed by atoms with Gasteiger partial charge in [-0.1, -0.05) is 39.8 Å². The van der Waals surface area contributed by atoms with Crippen LogP contribution in [0.15, 0.2) is 54.9 Å². The number of nitrogens with zero attached hydrogens (tertiary/aromatic N) is 5. The van der Waals surface area contributed by atoms with E-state index in [1.54, 1.807) is 42.4 Å². The topological polar surface area (TPSA) is 159 Å². The molecule has 2 aliphatic rings. The van der Waals surface area contributed by atoms with E-state index in [4.69, 9.17) is 9.47 Å². The van der Waals surface area contributed by atoms with Crippen LogP contribution in [0.3, 0.4) is 0 Å². The number of rotatable bonds is 17. The van der Waals surface area contributed by atoms with Crippen LogP contribution in [0.4, 0.5) is 0 Å². The van der Waals surface area contributed by atoms with Crippen molar-refractivity contribution >= 4 is 34.6 Å². The van der Waals surface area contributed by atoms with Crippen molar-refractivity contribution in [3.05, 3.63) is 71.5 Å². The highest BCUT2D eigenvalue weighted by Gasteiger charge is 2.37. The lowest BCUT2D eigenvalue weighted by Crippen LogP contribution is -2.60. The second-order valence-electron chi connectivity index (χ2n) is 18.9. The van der Waals surface area contributed by atoms with E-state index in [1.807, 2.05) is 38.2 Å². The zero-order valence-corrected chi connectivity index (χ0v) is 39.3. The number of methoxy groups -OCH3 is 1. The van der Waals surface area contributed by atoms with Crippen molar-refractivity contribution in [3.63, 3.8) is 0 Å². The van der Waals surface area contributed by atoms with Crippen LogP contribution >= 0.6 is 0 Å². The number of esters is 1. The van der Waals surface area contributed by atoms with E-state index in [-0.39, 0.29) is 54.3 Å². The Labute approximate surface area is 378 Å². The van der Waals surface area contributed by atoms with Gasteiger partial charge in [-0.05, 0) is 123 Å². The molecule has 4 aromatic rings. The number of ether oxygens (including phenoxy) is 2. The van der Waals surface area contributed by atoms with Crippen LogP contribution in [-0.4, -0.2) is 119 Å². The van der Waals surface area contributed by atoms with Gasteiger partial charge in [-0.25, -0.2) is 5.43 Å². The molecule has 2 aromatic carbocycles. The molecule has 64 heavy (non-hydrogen) atoms. The number of fused-ring (bicyclic) bond motifs is 1. The van der Waals surface area contributed by atoms with Crippen LogP contribution in [0, 0.1) is 17.3 Å². The summed E-state index contributed by atoms with van der Waals surface area (Å²) >= 11 is 0. The van der Waals surface area contributed by atoms with Gasteiger partial charge in [0.05, 0.1) is 18.9 Å². The van der Waals surface area contributed by atoms with E-state index in [0.29, 0.717) is 38.2 Å². The highest BCUT2D eigenvalue weighted by atomic mass is 16.5. The molecule has 0 unspecified atom stereocenters. The lowest BCUT2D eigenvalue weighted by atomic mass is 9.84. The molecule has 2 fully saturated rings. The van der Waals surface area contributed by atoms with E-state index >= 15 is 0 Å². The Balaban J connectivity index is 1.38. The summed E-state index contributed by atoms with van der Waals surface area (Å²) < 4.78 is 13.5. The van der Waals surface area contributed by atoms with Crippen LogP contribution in [0.5, 0.6) is 5.75 Å². The molecule has 0 saturated carbocycles. The lowest BCUT2D eigenvalue weighted by molar-refractivity contribution is -0.146. The smallest absolute Gasteiger partial charge is 0.302 e. The first-order valence-corrected chi connectivity index (χ1v) is 22.9. The zero-order chi connectivity index (χ0) is 46.3. The van der Waals surface area contributed by atoms with Crippen molar-refractivity contribution in [3.8, 4) is 28.1 Å². The first-order valence-electron chi connectivity index (χ1n) is 22.9. The summed E-state index contributed by atoms with van der Waals surface area (Å²) in [5.74, 6) is -1.39. The van der Waals surface area contributed by atoms with E-state index < -0.39 is 17.5 Å². The summed E-state index contributed by atoms with van der Waals surface area (Å²) in [6, 6.07) is 11.8. The second kappa shape index (κ2) is 21.1. The first-order chi connectivity index (χ1) is 30.5. The third-order valence-electron chi connectivity index (χ3n) is 12.7. The molecule has 0 spiro atoms. The predicted octanol–water partition coefficient (Wildman–Crippen LogP) is 6.35. The van der Waals surface area contributed by atoms with Crippen molar-refractivity contribution < 1.29 is 33.8 Å². The second-order valence-corrected chi connectivity index (χ2v) is 18.9. The number of pyridine rings is 1. The molecule has 4 heterocycles. The van der Waals surface area contributed by atoms with E-state index in [0.717, 1.165) is 83.2 Å². The number of nitrogens with one attached hydrogen (secondary N) is 2. The number of piperidine rings is 1. The van der Waals surface area contributed by atoms with Crippen LogP contribution < -0.4 is 10.7 Å². The average molecular weight is 880 g/mol. The van der Waals surface area contributed by atoms with Gasteiger partial charge in [0, 0.05) is 87.3 Å². The molecular weight excluding hydrogens is 811 g/mol. The number of hydrogen-bond donors (Lipinski definition) is 3. The van der Waals surface area contributed by atoms with Gasteiger partial charge in [-0.15, -0.1) is 0 Å². The third-order valence-corrected chi connectivity index (χ3v) is 12.7. The van der Waals surface area contributed by atoms with E-state index in [1.165, 1.54) is 6.92 Å². The fourth-order valence-corrected chi connectivity index (χ4v) is 9.49. The number of phenolic OH excluding ortho intramolecular Hbond substituents is 1. The number of aromatic hydroxyl groups is 1. The molecular formula is C50H69N7O7. The molecule has 0 aliphatic carbocycles. The zero-order valence-electron chi connectivity index (χ0n) is 39.3. The van der Waals surface area contributed by atoms with E-state index in [9.17, 15) is 24.3 Å². The standard InChI is InChI=1S/C50H69N7O7/c1-10-56-44-14-13-36(27-40(44)41(28-50(5,6)31-64-33(4)58)46(56)42-29-51-19-15-37(42)30-63-9)38-23-34(24-39(59)26-38)25-43(49(62)57-20-12-11-18-52-57)53-47(60)45(32(2)3)55(8)48(61)35-16-21-54(7)22-17-35/h13-15,19,23-24,26-27,29,32,35,43,45,52,59H,10-12,16-18,20-22,25,28,30-31H2,1-9H3,(H,53,60)/t43-,45-/m0/s1. The SMILES string of the molecule is CCn1c(-c2cnccc2COC)c(CC(C)(C)COC(C)=O)c2cc(-c3cc(O)cc(C[C@H](NC(=O)[C@H](C(C)C)N(C)C(=O)C4CCN(C)CC4)C(=O)N4CCCCN4)c3)ccc21. The minimum absolute atomic E-state index is 0.0267. The van der Waals surface area contributed by atoms with Gasteiger partial charge >= 0.3 is 5.97 Å². The molecule has 2 atom stereocenters. The Bertz CT molecular complexity index is 2290. The first kappa shape index (κ1) is 48.2. The molecule has 14 nitrogen and oxygen atoms in total. The van der Waals surface area contributed by atoms with Gasteiger partial charge in [0.25, 0.3) is 5.91 Å². The van der Waals surface area contributed by atoms with Crippen molar-refractivity contribution in [1.29, 1.82) is 0 Å². The monoisotopic (exact) mass is 880 g/mol. The number of aryl methyl sites for hydroxylation is 1. The molecule has 6 rings (SSSR count). The van der Waals surface area contributed by atoms with Crippen molar-refractivity contribution in [2.45, 2.75) is 105 Å². The Kier molecular flexibility index (Phi) is 15.9. The summed E-state index contributed by atoms with van der Waals surface area (Å²) in [6.45, 7) is 15.7. The molecule has 2 aliphatic heterocycles. The molecule has 346 valence electrons. The Morgan fingerprint density at radius 1 is 1.03 bits per heavy atom. The normalized spacial score (nSPS) is 16.2. The number of benzene rings is 2. The molecule has 2 aromatic heterocycles. The number of carbonyl (C=O) groups is 4. The van der Waals surface area contributed by atoms with Gasteiger partial charge in [-0.2, -0.15) is 0 Å². The van der Waals surface area contributed by atoms with E-state index in [2.05, 4.69) is 65.1 Å². The molecule has 0 radical (unpaired) electrons. The van der Waals surface area contributed by atoms with Gasteiger partial charge in [0.2, 0.25) is 11.8 Å². The maximum atomic E-state index is 14.4. The average Bonchev–Trinajstić information content (AvgIpc) is 3.56. The maximum absolute atomic E-state index is 14.4. The highest BCUT2D eigenvalue weighted by molar-refractivity contribution is 5.96. The number of likely N-dealkylation sites (tertiary alicyclic amines) is 1. The van der Waals surface area contributed by atoms with Crippen molar-refractivity contribution in [2.24, 2.45) is 17.3 Å². The summed E-state index contributed by atoms with van der Waals surface area (Å²) in [5, 5.41) is 17.0. The van der Waals surface area contributed by atoms with Crippen molar-refractivity contribution in [2.75, 3.05) is 54.0 Å². The van der Waals surface area contributed by atoms with Gasteiger partial charge in [-0.3, -0.25) is 29.2 Å². The Hall–Kier alpha value is -5.31. The number of hydrazine groups is 1. The van der Waals surface area contributed by atoms with Crippen LogP contribution in [0.25, 0.3) is 33.3 Å². The van der Waals surface area contributed by atoms with Crippen LogP contribution in [0.1, 0.15) is 83.9 Å². The molecule has 3 amide bonds. The van der Waals surface area contributed by atoms with Gasteiger partial charge < -0.3 is 34.3 Å². The molecule has 3 N–H and O–H groups in total. The van der Waals surface area contributed by atoms with Gasteiger partial charge in [0.1, 0.15) is 17.8 Å². The van der Waals surface area contributed by atoms with Gasteiger partial charge in [0.15, 0.2) is 0 Å². The molecule has 14 heteroatoms. The number of hydrogen-bond acceptors (Lipinski definition) is 10. The summed E-state index contributed by atoms with van der Waals surface area (Å²) in [4.78, 5) is 62.7. The maximum Gasteiger partial charge on any atom is 0.302 e. The molecule has 0 bridgehead atoms. The minimum atomic E-state index is -0.976.